The van der Waals surface area contributed by atoms with Crippen LogP contribution in [0.3, 0.4) is 0 Å². The SMILES string of the molecule is CC(c1ccc(F)cc1)N(C)C(=O)/C=C/c1cc(Br)ccc1F. The zero-order valence-corrected chi connectivity index (χ0v) is 14.3. The third kappa shape index (κ3) is 4.48. The van der Waals surface area contributed by atoms with Gasteiger partial charge in [-0.15, -0.1) is 0 Å². The molecule has 120 valence electrons. The predicted octanol–water partition coefficient (Wildman–Crippen LogP) is 4.96. The van der Waals surface area contributed by atoms with Gasteiger partial charge in [0.1, 0.15) is 11.6 Å². The van der Waals surface area contributed by atoms with Crippen LogP contribution in [0.1, 0.15) is 24.1 Å². The molecule has 0 saturated carbocycles. The van der Waals surface area contributed by atoms with Crippen LogP contribution in [0.15, 0.2) is 53.0 Å². The fourth-order valence-electron chi connectivity index (χ4n) is 2.08. The molecule has 0 N–H and O–H groups in total. The van der Waals surface area contributed by atoms with E-state index in [0.29, 0.717) is 5.56 Å². The van der Waals surface area contributed by atoms with Crippen molar-refractivity contribution < 1.29 is 13.6 Å². The number of carbonyl (C=O) groups excluding carboxylic acids is 1. The molecule has 2 rings (SSSR count). The molecule has 2 aromatic carbocycles. The van der Waals surface area contributed by atoms with E-state index < -0.39 is 5.82 Å². The monoisotopic (exact) mass is 379 g/mol. The summed E-state index contributed by atoms with van der Waals surface area (Å²) in [4.78, 5) is 13.7. The lowest BCUT2D eigenvalue weighted by Gasteiger charge is -2.24. The lowest BCUT2D eigenvalue weighted by molar-refractivity contribution is -0.126. The number of hydrogen-bond donors (Lipinski definition) is 0. The van der Waals surface area contributed by atoms with Crippen LogP contribution in [0.4, 0.5) is 8.78 Å². The molecule has 0 radical (unpaired) electrons. The van der Waals surface area contributed by atoms with Gasteiger partial charge in [0.15, 0.2) is 0 Å². The van der Waals surface area contributed by atoms with Crippen LogP contribution in [0.2, 0.25) is 0 Å². The second kappa shape index (κ2) is 7.51. The topological polar surface area (TPSA) is 20.3 Å². The molecule has 23 heavy (non-hydrogen) atoms. The Bertz CT molecular complexity index is 728. The van der Waals surface area contributed by atoms with E-state index in [9.17, 15) is 13.6 Å². The van der Waals surface area contributed by atoms with E-state index in [1.54, 1.807) is 31.3 Å². The number of likely N-dealkylation sites (N-methyl/N-ethyl adjacent to an activating group) is 1. The van der Waals surface area contributed by atoms with Crippen molar-refractivity contribution in [2.45, 2.75) is 13.0 Å². The Hall–Kier alpha value is -2.01. The van der Waals surface area contributed by atoms with Crippen LogP contribution < -0.4 is 0 Å². The minimum Gasteiger partial charge on any atom is -0.335 e. The Morgan fingerprint density at radius 2 is 1.83 bits per heavy atom. The number of benzene rings is 2. The molecule has 0 aliphatic heterocycles. The Morgan fingerprint density at radius 3 is 2.48 bits per heavy atom. The van der Waals surface area contributed by atoms with Crippen LogP contribution in [0.5, 0.6) is 0 Å². The van der Waals surface area contributed by atoms with E-state index in [1.807, 2.05) is 6.92 Å². The number of nitrogens with zero attached hydrogens (tertiary/aromatic N) is 1. The highest BCUT2D eigenvalue weighted by atomic mass is 79.9. The van der Waals surface area contributed by atoms with Crippen LogP contribution in [-0.4, -0.2) is 17.9 Å². The van der Waals surface area contributed by atoms with Crippen LogP contribution in [0.25, 0.3) is 6.08 Å². The molecule has 2 nitrogen and oxygen atoms in total. The van der Waals surface area contributed by atoms with Gasteiger partial charge in [0, 0.05) is 23.2 Å². The number of rotatable bonds is 4. The first kappa shape index (κ1) is 17.3. The normalized spacial score (nSPS) is 12.4. The summed E-state index contributed by atoms with van der Waals surface area (Å²) in [7, 11) is 1.65. The average molecular weight is 380 g/mol. The smallest absolute Gasteiger partial charge is 0.246 e. The molecule has 0 aliphatic carbocycles. The Kier molecular flexibility index (Phi) is 5.66. The maximum absolute atomic E-state index is 13.6. The molecule has 1 unspecified atom stereocenters. The quantitative estimate of drug-likeness (QED) is 0.687. The van der Waals surface area contributed by atoms with Gasteiger partial charge in [-0.1, -0.05) is 28.1 Å². The van der Waals surface area contributed by atoms with Gasteiger partial charge in [0.25, 0.3) is 0 Å². The first-order valence-electron chi connectivity index (χ1n) is 7.04. The van der Waals surface area contributed by atoms with Gasteiger partial charge in [-0.2, -0.15) is 0 Å². The third-order valence-corrected chi connectivity index (χ3v) is 4.14. The molecule has 0 bridgehead atoms. The molecule has 0 fully saturated rings. The summed E-state index contributed by atoms with van der Waals surface area (Å²) in [5, 5.41) is 0. The van der Waals surface area contributed by atoms with Crippen LogP contribution >= 0.6 is 15.9 Å². The largest absolute Gasteiger partial charge is 0.335 e. The molecule has 5 heteroatoms. The second-order valence-corrected chi connectivity index (χ2v) is 6.09. The standard InChI is InChI=1S/C18H16BrF2NO/c1-12(13-3-7-16(20)8-4-13)22(2)18(23)10-5-14-11-15(19)6-9-17(14)21/h3-12H,1-2H3/b10-5+. The van der Waals surface area contributed by atoms with Crippen molar-refractivity contribution in [3.05, 3.63) is 75.8 Å². The van der Waals surface area contributed by atoms with Gasteiger partial charge >= 0.3 is 0 Å². The van der Waals surface area contributed by atoms with E-state index >= 15 is 0 Å². The highest BCUT2D eigenvalue weighted by Crippen LogP contribution is 2.20. The maximum Gasteiger partial charge on any atom is 0.246 e. The molecule has 0 aliphatic rings. The zero-order valence-electron chi connectivity index (χ0n) is 12.8. The highest BCUT2D eigenvalue weighted by molar-refractivity contribution is 9.10. The van der Waals surface area contributed by atoms with Crippen molar-refractivity contribution in [3.63, 3.8) is 0 Å². The number of amides is 1. The minimum atomic E-state index is -0.397. The van der Waals surface area contributed by atoms with E-state index in [2.05, 4.69) is 15.9 Å². The fraction of sp³-hybridized carbons (Fsp3) is 0.167. The molecule has 0 aromatic heterocycles. The number of carbonyl (C=O) groups is 1. The first-order valence-corrected chi connectivity index (χ1v) is 7.83. The zero-order chi connectivity index (χ0) is 17.0. The summed E-state index contributed by atoms with van der Waals surface area (Å²) in [5.41, 5.74) is 1.15. The summed E-state index contributed by atoms with van der Waals surface area (Å²) in [6.45, 7) is 1.85. The molecule has 1 amide bonds. The summed E-state index contributed by atoms with van der Waals surface area (Å²) in [6, 6.07) is 10.3. The second-order valence-electron chi connectivity index (χ2n) is 5.18. The van der Waals surface area contributed by atoms with Crippen LogP contribution in [-0.2, 0) is 4.79 Å². The van der Waals surface area contributed by atoms with Crippen molar-refractivity contribution >= 4 is 27.9 Å². The molecular weight excluding hydrogens is 364 g/mol. The minimum absolute atomic E-state index is 0.222. The van der Waals surface area contributed by atoms with Gasteiger partial charge in [0.05, 0.1) is 6.04 Å². The Morgan fingerprint density at radius 1 is 1.17 bits per heavy atom. The van der Waals surface area contributed by atoms with Gasteiger partial charge in [-0.25, -0.2) is 8.78 Å². The predicted molar refractivity (Wildman–Crippen MR) is 90.7 cm³/mol. The molecule has 0 saturated heterocycles. The van der Waals surface area contributed by atoms with E-state index in [0.717, 1.165) is 10.0 Å². The highest BCUT2D eigenvalue weighted by Gasteiger charge is 2.15. The lowest BCUT2D eigenvalue weighted by Crippen LogP contribution is -2.27. The molecule has 0 spiro atoms. The maximum atomic E-state index is 13.6. The average Bonchev–Trinajstić information content (AvgIpc) is 2.54. The number of halogens is 3. The first-order chi connectivity index (χ1) is 10.9. The summed E-state index contributed by atoms with van der Waals surface area (Å²) >= 11 is 3.27. The van der Waals surface area contributed by atoms with E-state index in [-0.39, 0.29) is 17.8 Å². The number of hydrogen-bond acceptors (Lipinski definition) is 1. The lowest BCUT2D eigenvalue weighted by atomic mass is 10.1. The van der Waals surface area contributed by atoms with Crippen molar-refractivity contribution in [2.24, 2.45) is 0 Å². The fourth-order valence-corrected chi connectivity index (χ4v) is 2.46. The summed E-state index contributed by atoms with van der Waals surface area (Å²) < 4.78 is 27.3. The van der Waals surface area contributed by atoms with Crippen molar-refractivity contribution in [1.82, 2.24) is 4.90 Å². The van der Waals surface area contributed by atoms with Gasteiger partial charge in [-0.3, -0.25) is 4.79 Å². The van der Waals surface area contributed by atoms with Crippen LogP contribution in [0, 0.1) is 11.6 Å². The van der Waals surface area contributed by atoms with E-state index in [4.69, 9.17) is 0 Å². The van der Waals surface area contributed by atoms with Crippen molar-refractivity contribution in [1.29, 1.82) is 0 Å². The van der Waals surface area contributed by atoms with Gasteiger partial charge < -0.3 is 4.90 Å². The Labute approximate surface area is 142 Å². The van der Waals surface area contributed by atoms with Crippen molar-refractivity contribution in [3.8, 4) is 0 Å². The molecule has 1 atom stereocenters. The van der Waals surface area contributed by atoms with E-state index in [1.165, 1.54) is 35.3 Å². The molecule has 0 heterocycles. The third-order valence-electron chi connectivity index (χ3n) is 3.64. The Balaban J connectivity index is 2.11. The van der Waals surface area contributed by atoms with Gasteiger partial charge in [-0.05, 0) is 48.9 Å². The summed E-state index contributed by atoms with van der Waals surface area (Å²) in [6.07, 6.45) is 2.77. The molecular formula is C18H16BrF2NO. The molecule has 2 aromatic rings. The van der Waals surface area contributed by atoms with Crippen molar-refractivity contribution in [2.75, 3.05) is 7.05 Å². The summed E-state index contributed by atoms with van der Waals surface area (Å²) in [5.74, 6) is -0.979. The van der Waals surface area contributed by atoms with Gasteiger partial charge in [0.2, 0.25) is 5.91 Å².